The van der Waals surface area contributed by atoms with Crippen molar-refractivity contribution < 1.29 is 18.7 Å². The highest BCUT2D eigenvalue weighted by molar-refractivity contribution is 5.96. The highest BCUT2D eigenvalue weighted by atomic mass is 19.1. The zero-order chi connectivity index (χ0) is 20.9. The van der Waals surface area contributed by atoms with Crippen molar-refractivity contribution in [1.29, 1.82) is 0 Å². The van der Waals surface area contributed by atoms with Gasteiger partial charge in [0.15, 0.2) is 0 Å². The quantitative estimate of drug-likeness (QED) is 0.738. The summed E-state index contributed by atoms with van der Waals surface area (Å²) in [5.41, 5.74) is 1.88. The predicted molar refractivity (Wildman–Crippen MR) is 107 cm³/mol. The van der Waals surface area contributed by atoms with E-state index in [9.17, 15) is 14.0 Å². The highest BCUT2D eigenvalue weighted by Gasteiger charge is 2.26. The Morgan fingerprint density at radius 1 is 1.04 bits per heavy atom. The minimum absolute atomic E-state index is 0.00794. The summed E-state index contributed by atoms with van der Waals surface area (Å²) in [6.07, 6.45) is 0. The number of benzene rings is 2. The van der Waals surface area contributed by atoms with Gasteiger partial charge in [0.25, 0.3) is 5.91 Å². The van der Waals surface area contributed by atoms with Gasteiger partial charge in [-0.05, 0) is 35.1 Å². The number of amides is 1. The molecule has 2 aromatic carbocycles. The first kappa shape index (κ1) is 21.6. The van der Waals surface area contributed by atoms with E-state index in [-0.39, 0.29) is 23.8 Å². The normalized spacial score (nSPS) is 12.5. The fourth-order valence-corrected chi connectivity index (χ4v) is 2.70. The van der Waals surface area contributed by atoms with Gasteiger partial charge in [0.05, 0.1) is 0 Å². The van der Waals surface area contributed by atoms with Crippen LogP contribution in [-0.2, 0) is 21.6 Å². The lowest BCUT2D eigenvalue weighted by Crippen LogP contribution is -2.45. The van der Waals surface area contributed by atoms with Gasteiger partial charge in [0.2, 0.25) is 0 Å². The second-order valence-corrected chi connectivity index (χ2v) is 8.22. The van der Waals surface area contributed by atoms with Crippen LogP contribution >= 0.6 is 0 Å². The molecule has 0 aliphatic rings. The molecule has 1 unspecified atom stereocenters. The van der Waals surface area contributed by atoms with Crippen LogP contribution in [0.5, 0.6) is 0 Å². The highest BCUT2D eigenvalue weighted by Crippen LogP contribution is 2.22. The molecule has 0 aromatic heterocycles. The number of esters is 1. The smallest absolute Gasteiger partial charge is 0.329 e. The van der Waals surface area contributed by atoms with E-state index in [2.05, 4.69) is 26.1 Å². The van der Waals surface area contributed by atoms with Crippen molar-refractivity contribution in [3.63, 3.8) is 0 Å². The molecule has 1 amide bonds. The Kier molecular flexibility index (Phi) is 6.95. The first-order chi connectivity index (χ1) is 13.1. The van der Waals surface area contributed by atoms with Gasteiger partial charge in [-0.2, -0.15) is 0 Å². The molecule has 2 rings (SSSR count). The number of carbonyl (C=O) groups is 2. The molecule has 0 fully saturated rings. The van der Waals surface area contributed by atoms with E-state index in [1.807, 2.05) is 26.0 Å². The van der Waals surface area contributed by atoms with Gasteiger partial charge in [0, 0.05) is 11.1 Å². The molecule has 5 heteroatoms. The van der Waals surface area contributed by atoms with Crippen molar-refractivity contribution in [3.05, 3.63) is 71.0 Å². The number of rotatable bonds is 6. The van der Waals surface area contributed by atoms with Gasteiger partial charge < -0.3 is 10.1 Å². The Balaban J connectivity index is 2.04. The number of hydrogen-bond donors (Lipinski definition) is 1. The fourth-order valence-electron chi connectivity index (χ4n) is 2.70. The predicted octanol–water partition coefficient (Wildman–Crippen LogP) is 4.62. The van der Waals surface area contributed by atoms with Crippen LogP contribution in [0.15, 0.2) is 48.5 Å². The number of ether oxygens (including phenoxy) is 1. The molecule has 0 aliphatic heterocycles. The maximum Gasteiger partial charge on any atom is 0.329 e. The summed E-state index contributed by atoms with van der Waals surface area (Å²) in [7, 11) is 0. The average molecular weight is 385 g/mol. The second-order valence-electron chi connectivity index (χ2n) is 8.22. The molecular weight excluding hydrogens is 357 g/mol. The van der Waals surface area contributed by atoms with Crippen LogP contribution in [0, 0.1) is 11.7 Å². The third-order valence-electron chi connectivity index (χ3n) is 4.55. The van der Waals surface area contributed by atoms with E-state index in [1.165, 1.54) is 6.07 Å². The molecule has 0 saturated carbocycles. The van der Waals surface area contributed by atoms with E-state index in [4.69, 9.17) is 4.74 Å². The van der Waals surface area contributed by atoms with Crippen LogP contribution < -0.4 is 5.32 Å². The van der Waals surface area contributed by atoms with Crippen molar-refractivity contribution >= 4 is 11.9 Å². The molecule has 0 saturated heterocycles. The average Bonchev–Trinajstić information content (AvgIpc) is 2.64. The summed E-state index contributed by atoms with van der Waals surface area (Å²) < 4.78 is 18.9. The van der Waals surface area contributed by atoms with Crippen LogP contribution in [-0.4, -0.2) is 17.9 Å². The SMILES string of the molecule is CC(C)C(NC(=O)c1ccc(C(C)(C)C)cc1)C(=O)OCc1ccccc1F. The van der Waals surface area contributed by atoms with Gasteiger partial charge in [0.1, 0.15) is 18.5 Å². The van der Waals surface area contributed by atoms with Crippen LogP contribution in [0.2, 0.25) is 0 Å². The fraction of sp³-hybridized carbons (Fsp3) is 0.391. The summed E-state index contributed by atoms with van der Waals surface area (Å²) in [4.78, 5) is 25.0. The standard InChI is InChI=1S/C23H28FNO3/c1-15(2)20(22(27)28-14-17-8-6-7-9-19(17)24)25-21(26)16-10-12-18(13-11-16)23(3,4)5/h6-13,15,20H,14H2,1-5H3,(H,25,26). The third-order valence-corrected chi connectivity index (χ3v) is 4.55. The number of hydrogen-bond acceptors (Lipinski definition) is 3. The molecule has 28 heavy (non-hydrogen) atoms. The Hall–Kier alpha value is -2.69. The summed E-state index contributed by atoms with van der Waals surface area (Å²) in [6, 6.07) is 12.6. The van der Waals surface area contributed by atoms with Crippen molar-refractivity contribution in [2.45, 2.75) is 52.7 Å². The van der Waals surface area contributed by atoms with Gasteiger partial charge in [-0.1, -0.05) is 65.0 Å². The number of carbonyl (C=O) groups excluding carboxylic acids is 2. The van der Waals surface area contributed by atoms with Gasteiger partial charge in [-0.25, -0.2) is 9.18 Å². The maximum atomic E-state index is 13.7. The minimum atomic E-state index is -0.818. The molecule has 0 spiro atoms. The summed E-state index contributed by atoms with van der Waals surface area (Å²) in [5.74, 6) is -1.54. The lowest BCUT2D eigenvalue weighted by atomic mass is 9.86. The molecule has 1 N–H and O–H groups in total. The molecule has 0 aliphatic carbocycles. The van der Waals surface area contributed by atoms with E-state index in [1.54, 1.807) is 30.3 Å². The molecule has 1 atom stereocenters. The summed E-state index contributed by atoms with van der Waals surface area (Å²) >= 11 is 0. The topological polar surface area (TPSA) is 55.4 Å². The van der Waals surface area contributed by atoms with E-state index in [0.717, 1.165) is 5.56 Å². The third kappa shape index (κ3) is 5.65. The lowest BCUT2D eigenvalue weighted by Gasteiger charge is -2.22. The Morgan fingerprint density at radius 2 is 1.64 bits per heavy atom. The lowest BCUT2D eigenvalue weighted by molar-refractivity contribution is -0.148. The minimum Gasteiger partial charge on any atom is -0.459 e. The maximum absolute atomic E-state index is 13.7. The molecule has 4 nitrogen and oxygen atoms in total. The molecule has 150 valence electrons. The van der Waals surface area contributed by atoms with Crippen LogP contribution in [0.4, 0.5) is 4.39 Å². The van der Waals surface area contributed by atoms with E-state index in [0.29, 0.717) is 11.1 Å². The van der Waals surface area contributed by atoms with Gasteiger partial charge >= 0.3 is 5.97 Å². The largest absolute Gasteiger partial charge is 0.459 e. The number of nitrogens with one attached hydrogen (secondary N) is 1. The Bertz CT molecular complexity index is 822. The van der Waals surface area contributed by atoms with Crippen molar-refractivity contribution in [2.24, 2.45) is 5.92 Å². The molecule has 0 bridgehead atoms. The summed E-state index contributed by atoms with van der Waals surface area (Å²) in [6.45, 7) is 9.76. The molecule has 0 radical (unpaired) electrons. The molecule has 0 heterocycles. The number of halogens is 1. The molecule has 2 aromatic rings. The molecular formula is C23H28FNO3. The van der Waals surface area contributed by atoms with Gasteiger partial charge in [-0.3, -0.25) is 4.79 Å². The van der Waals surface area contributed by atoms with Crippen molar-refractivity contribution in [3.8, 4) is 0 Å². The van der Waals surface area contributed by atoms with Gasteiger partial charge in [-0.15, -0.1) is 0 Å². The van der Waals surface area contributed by atoms with Crippen molar-refractivity contribution in [2.75, 3.05) is 0 Å². The van der Waals surface area contributed by atoms with Crippen LogP contribution in [0.1, 0.15) is 56.1 Å². The Morgan fingerprint density at radius 3 is 2.18 bits per heavy atom. The van der Waals surface area contributed by atoms with E-state index < -0.39 is 17.8 Å². The second kappa shape index (κ2) is 9.00. The zero-order valence-corrected chi connectivity index (χ0v) is 17.1. The Labute approximate surface area is 166 Å². The van der Waals surface area contributed by atoms with Crippen molar-refractivity contribution in [1.82, 2.24) is 5.32 Å². The van der Waals surface area contributed by atoms with E-state index >= 15 is 0 Å². The van der Waals surface area contributed by atoms with Crippen LogP contribution in [0.25, 0.3) is 0 Å². The monoisotopic (exact) mass is 385 g/mol. The zero-order valence-electron chi connectivity index (χ0n) is 17.1. The first-order valence-corrected chi connectivity index (χ1v) is 9.41. The van der Waals surface area contributed by atoms with Crippen LogP contribution in [0.3, 0.4) is 0 Å². The first-order valence-electron chi connectivity index (χ1n) is 9.41. The summed E-state index contributed by atoms with van der Waals surface area (Å²) in [5, 5.41) is 2.73.